The highest BCUT2D eigenvalue weighted by Crippen LogP contribution is 2.29. The van der Waals surface area contributed by atoms with Crippen LogP contribution in [-0.2, 0) is 0 Å². The van der Waals surface area contributed by atoms with Crippen LogP contribution >= 0.6 is 11.8 Å². The van der Waals surface area contributed by atoms with Crippen molar-refractivity contribution < 1.29 is 22.3 Å². The zero-order valence-electron chi connectivity index (χ0n) is 8.42. The molecule has 1 rings (SSSR count). The van der Waals surface area contributed by atoms with Crippen LogP contribution in [-0.4, -0.2) is 17.9 Å². The van der Waals surface area contributed by atoms with E-state index in [1.165, 1.54) is 12.1 Å². The predicted octanol–water partition coefficient (Wildman–Crippen LogP) is 3.33. The Kier molecular flexibility index (Phi) is 4.63. The molecule has 0 radical (unpaired) electrons. The third-order valence-electron chi connectivity index (χ3n) is 1.68. The van der Waals surface area contributed by atoms with Crippen LogP contribution in [0, 0.1) is 17.1 Å². The average molecular weight is 265 g/mol. The van der Waals surface area contributed by atoms with Crippen LogP contribution in [0.15, 0.2) is 18.2 Å². The Balaban J connectivity index is 2.43. The fourth-order valence-electron chi connectivity index (χ4n) is 0.993. The fourth-order valence-corrected chi connectivity index (χ4v) is 1.39. The van der Waals surface area contributed by atoms with Crippen LogP contribution in [0.5, 0.6) is 5.75 Å². The highest BCUT2D eigenvalue weighted by Gasteiger charge is 2.27. The zero-order valence-corrected chi connectivity index (χ0v) is 9.24. The lowest BCUT2D eigenvalue weighted by molar-refractivity contribution is -0.0329. The number of benzene rings is 1. The van der Waals surface area contributed by atoms with Gasteiger partial charge in [0, 0.05) is 11.8 Å². The molecular weight excluding hydrogens is 258 g/mol. The van der Waals surface area contributed by atoms with E-state index in [9.17, 15) is 17.6 Å². The van der Waals surface area contributed by atoms with Gasteiger partial charge in [-0.15, -0.1) is 0 Å². The number of nitriles is 1. The van der Waals surface area contributed by atoms with Crippen molar-refractivity contribution in [2.75, 3.05) is 12.4 Å². The number of ether oxygens (including phenoxy) is 1. The molecule has 1 aromatic rings. The molecule has 1 aromatic carbocycles. The van der Waals surface area contributed by atoms with E-state index in [1.54, 1.807) is 6.07 Å². The summed E-state index contributed by atoms with van der Waals surface area (Å²) in [6.07, 6.45) is 0. The minimum absolute atomic E-state index is 0.101. The Bertz CT molecular complexity index is 427. The highest BCUT2D eigenvalue weighted by atomic mass is 32.2. The minimum atomic E-state index is -4.29. The van der Waals surface area contributed by atoms with Crippen molar-refractivity contribution in [2.45, 2.75) is 5.51 Å². The van der Waals surface area contributed by atoms with Crippen molar-refractivity contribution in [1.82, 2.24) is 0 Å². The number of rotatable bonds is 4. The topological polar surface area (TPSA) is 33.0 Å². The normalized spacial score (nSPS) is 11.0. The Morgan fingerprint density at radius 3 is 2.59 bits per heavy atom. The average Bonchev–Trinajstić information content (AvgIpc) is 2.23. The van der Waals surface area contributed by atoms with Gasteiger partial charge in [0.2, 0.25) is 0 Å². The quantitative estimate of drug-likeness (QED) is 0.618. The Hall–Kier alpha value is -1.42. The first kappa shape index (κ1) is 13.6. The molecule has 0 N–H and O–H groups in total. The number of alkyl halides is 3. The summed E-state index contributed by atoms with van der Waals surface area (Å²) in [5, 5.41) is 8.45. The van der Waals surface area contributed by atoms with Crippen LogP contribution < -0.4 is 4.74 Å². The molecule has 0 aliphatic rings. The first-order valence-electron chi connectivity index (χ1n) is 4.45. The smallest absolute Gasteiger partial charge is 0.441 e. The lowest BCUT2D eigenvalue weighted by Crippen LogP contribution is -2.07. The van der Waals surface area contributed by atoms with Gasteiger partial charge in [-0.05, 0) is 23.9 Å². The van der Waals surface area contributed by atoms with Crippen LogP contribution in [0.25, 0.3) is 0 Å². The van der Waals surface area contributed by atoms with Crippen LogP contribution in [0.3, 0.4) is 0 Å². The van der Waals surface area contributed by atoms with Crippen molar-refractivity contribution in [3.05, 3.63) is 29.6 Å². The molecule has 0 bridgehead atoms. The second kappa shape index (κ2) is 5.77. The third-order valence-corrected chi connectivity index (χ3v) is 2.38. The van der Waals surface area contributed by atoms with E-state index in [4.69, 9.17) is 10.00 Å². The van der Waals surface area contributed by atoms with Crippen LogP contribution in [0.2, 0.25) is 0 Å². The van der Waals surface area contributed by atoms with E-state index >= 15 is 0 Å². The number of hydrogen-bond acceptors (Lipinski definition) is 3. The van der Waals surface area contributed by atoms with Crippen molar-refractivity contribution in [1.29, 1.82) is 5.26 Å². The number of halogens is 4. The van der Waals surface area contributed by atoms with E-state index in [-0.39, 0.29) is 35.4 Å². The summed E-state index contributed by atoms with van der Waals surface area (Å²) in [6.45, 7) is -0.185. The predicted molar refractivity (Wildman–Crippen MR) is 55.1 cm³/mol. The van der Waals surface area contributed by atoms with Crippen LogP contribution in [0.4, 0.5) is 17.6 Å². The van der Waals surface area contributed by atoms with Crippen molar-refractivity contribution in [2.24, 2.45) is 0 Å². The molecule has 0 aromatic heterocycles. The molecule has 0 spiro atoms. The molecule has 0 amide bonds. The van der Waals surface area contributed by atoms with Gasteiger partial charge in [-0.2, -0.15) is 18.4 Å². The van der Waals surface area contributed by atoms with E-state index in [2.05, 4.69) is 0 Å². The molecule has 2 nitrogen and oxygen atoms in total. The molecule has 0 atom stereocenters. The molecule has 0 aliphatic heterocycles. The molecular formula is C10H7F4NOS. The van der Waals surface area contributed by atoms with Gasteiger partial charge in [0.1, 0.15) is 17.6 Å². The molecule has 0 heterocycles. The maximum absolute atomic E-state index is 13.1. The Morgan fingerprint density at radius 1 is 1.35 bits per heavy atom. The van der Waals surface area contributed by atoms with Crippen molar-refractivity contribution in [3.8, 4) is 11.8 Å². The standard InChI is InChI=1S/C10H7F4NOS/c11-9-5-8(2-1-7(9)6-15)16-3-4-17-10(12,13)14/h1-2,5H,3-4H2. The SMILES string of the molecule is N#Cc1ccc(OCCSC(F)(F)F)cc1F. The molecule has 17 heavy (non-hydrogen) atoms. The van der Waals surface area contributed by atoms with Crippen molar-refractivity contribution >= 4 is 11.8 Å². The second-order valence-electron chi connectivity index (χ2n) is 2.90. The Labute approximate surface area is 99.2 Å². The van der Waals surface area contributed by atoms with E-state index in [0.29, 0.717) is 0 Å². The summed E-state index contributed by atoms with van der Waals surface area (Å²) >= 11 is -0.206. The highest BCUT2D eigenvalue weighted by molar-refractivity contribution is 8.00. The fraction of sp³-hybridized carbons (Fsp3) is 0.300. The van der Waals surface area contributed by atoms with Gasteiger partial charge in [0.25, 0.3) is 0 Å². The lowest BCUT2D eigenvalue weighted by atomic mass is 10.2. The summed E-state index contributed by atoms with van der Waals surface area (Å²) < 4.78 is 53.2. The zero-order chi connectivity index (χ0) is 12.9. The van der Waals surface area contributed by atoms with Crippen molar-refractivity contribution in [3.63, 3.8) is 0 Å². The Morgan fingerprint density at radius 2 is 2.06 bits per heavy atom. The first-order chi connectivity index (χ1) is 7.92. The summed E-state index contributed by atoms with van der Waals surface area (Å²) in [4.78, 5) is 0. The first-order valence-corrected chi connectivity index (χ1v) is 5.44. The van der Waals surface area contributed by atoms with Gasteiger partial charge in [0.05, 0.1) is 12.2 Å². The summed E-state index contributed by atoms with van der Waals surface area (Å²) in [5.41, 5.74) is -4.43. The van der Waals surface area contributed by atoms with Gasteiger partial charge < -0.3 is 4.74 Å². The summed E-state index contributed by atoms with van der Waals surface area (Å²) in [7, 11) is 0. The third kappa shape index (κ3) is 4.95. The van der Waals surface area contributed by atoms with E-state index in [1.807, 2.05) is 0 Å². The van der Waals surface area contributed by atoms with Gasteiger partial charge >= 0.3 is 5.51 Å². The molecule has 92 valence electrons. The number of hydrogen-bond donors (Lipinski definition) is 0. The van der Waals surface area contributed by atoms with E-state index in [0.717, 1.165) is 6.07 Å². The van der Waals surface area contributed by atoms with Gasteiger partial charge in [0.15, 0.2) is 0 Å². The van der Waals surface area contributed by atoms with E-state index < -0.39 is 11.3 Å². The van der Waals surface area contributed by atoms with Gasteiger partial charge in [-0.3, -0.25) is 0 Å². The lowest BCUT2D eigenvalue weighted by Gasteiger charge is -2.08. The monoisotopic (exact) mass is 265 g/mol. The largest absolute Gasteiger partial charge is 0.493 e. The van der Waals surface area contributed by atoms with Crippen LogP contribution in [0.1, 0.15) is 5.56 Å². The maximum atomic E-state index is 13.1. The molecule has 0 aliphatic carbocycles. The second-order valence-corrected chi connectivity index (χ2v) is 4.06. The summed E-state index contributed by atoms with van der Waals surface area (Å²) in [6, 6.07) is 5.14. The molecule has 0 unspecified atom stereocenters. The number of thioether (sulfide) groups is 1. The molecule has 0 saturated heterocycles. The molecule has 0 saturated carbocycles. The summed E-state index contributed by atoms with van der Waals surface area (Å²) in [5.74, 6) is -0.928. The number of nitrogens with zero attached hydrogens (tertiary/aromatic N) is 1. The van der Waals surface area contributed by atoms with Gasteiger partial charge in [-0.1, -0.05) is 0 Å². The van der Waals surface area contributed by atoms with Gasteiger partial charge in [-0.25, -0.2) is 4.39 Å². The minimum Gasteiger partial charge on any atom is -0.493 e. The molecule has 0 fully saturated rings. The molecule has 7 heteroatoms. The maximum Gasteiger partial charge on any atom is 0.441 e.